The van der Waals surface area contributed by atoms with Crippen LogP contribution in [-0.4, -0.2) is 33.6 Å². The number of rotatable bonds is 6. The maximum Gasteiger partial charge on any atom is 0.275 e. The molecule has 7 nitrogen and oxygen atoms in total. The first-order valence-electron chi connectivity index (χ1n) is 10.6. The number of piperidine rings is 1. The van der Waals surface area contributed by atoms with Crippen LogP contribution in [0, 0.1) is 5.92 Å². The molecule has 0 aliphatic carbocycles. The summed E-state index contributed by atoms with van der Waals surface area (Å²) < 4.78 is 1.39. The van der Waals surface area contributed by atoms with E-state index in [1.807, 2.05) is 24.3 Å². The molecule has 30 heavy (non-hydrogen) atoms. The Morgan fingerprint density at radius 2 is 2.00 bits per heavy atom. The summed E-state index contributed by atoms with van der Waals surface area (Å²) in [6.45, 7) is 5.64. The molecule has 1 saturated heterocycles. The van der Waals surface area contributed by atoms with E-state index in [0.29, 0.717) is 4.96 Å². The molecular formula is C22H27N5O2S. The Labute approximate surface area is 179 Å². The summed E-state index contributed by atoms with van der Waals surface area (Å²) in [7, 11) is 0. The van der Waals surface area contributed by atoms with Gasteiger partial charge < -0.3 is 10.2 Å². The van der Waals surface area contributed by atoms with Gasteiger partial charge in [-0.25, -0.2) is 4.98 Å². The highest BCUT2D eigenvalue weighted by molar-refractivity contribution is 7.20. The molecule has 3 aromatic rings. The average Bonchev–Trinajstić information content (AvgIpc) is 3.19. The van der Waals surface area contributed by atoms with Crippen molar-refractivity contribution in [1.82, 2.24) is 14.6 Å². The topological polar surface area (TPSA) is 79.6 Å². The standard InChI is InChI=1S/C22H27N5O2S/c1-3-7-17-14-19(28)27-21(23-17)30-22(25-27)26-12-10-16(11-13-26)20(29)24-18-9-6-5-8-15(18)4-2/h5-6,8-9,14,16H,3-4,7,10-13H2,1-2H3,(H,24,29). The fraction of sp³-hybridized carbons (Fsp3) is 0.455. The number of hydrogen-bond donors (Lipinski definition) is 1. The smallest absolute Gasteiger partial charge is 0.275 e. The van der Waals surface area contributed by atoms with Gasteiger partial charge in [-0.15, -0.1) is 5.10 Å². The Bertz CT molecular complexity index is 1100. The molecule has 1 amide bonds. The number of para-hydroxylation sites is 1. The molecule has 0 unspecified atom stereocenters. The first-order chi connectivity index (χ1) is 14.6. The second kappa shape index (κ2) is 8.95. The number of nitrogens with one attached hydrogen (secondary N) is 1. The average molecular weight is 426 g/mol. The normalized spacial score (nSPS) is 14.9. The van der Waals surface area contributed by atoms with Gasteiger partial charge in [0.15, 0.2) is 0 Å². The molecule has 0 spiro atoms. The van der Waals surface area contributed by atoms with Gasteiger partial charge >= 0.3 is 0 Å². The van der Waals surface area contributed by atoms with Gasteiger partial charge in [0.25, 0.3) is 5.56 Å². The lowest BCUT2D eigenvalue weighted by atomic mass is 9.96. The fourth-order valence-corrected chi connectivity index (χ4v) is 4.85. The van der Waals surface area contributed by atoms with E-state index in [1.165, 1.54) is 15.9 Å². The van der Waals surface area contributed by atoms with Gasteiger partial charge in [0.05, 0.1) is 0 Å². The van der Waals surface area contributed by atoms with Crippen LogP contribution in [0.3, 0.4) is 0 Å². The van der Waals surface area contributed by atoms with Gasteiger partial charge in [-0.2, -0.15) is 4.52 Å². The zero-order valence-electron chi connectivity index (χ0n) is 17.4. The number of anilines is 2. The molecule has 1 N–H and O–H groups in total. The molecule has 0 saturated carbocycles. The number of benzene rings is 1. The van der Waals surface area contributed by atoms with Crippen molar-refractivity contribution in [2.45, 2.75) is 46.0 Å². The van der Waals surface area contributed by atoms with Crippen LogP contribution < -0.4 is 15.8 Å². The predicted molar refractivity (Wildman–Crippen MR) is 121 cm³/mol. The van der Waals surface area contributed by atoms with Crippen molar-refractivity contribution in [3.05, 3.63) is 51.9 Å². The van der Waals surface area contributed by atoms with Crippen LogP contribution in [0.1, 0.15) is 44.4 Å². The number of amides is 1. The summed E-state index contributed by atoms with van der Waals surface area (Å²) >= 11 is 1.44. The highest BCUT2D eigenvalue weighted by Gasteiger charge is 2.27. The molecule has 0 bridgehead atoms. The summed E-state index contributed by atoms with van der Waals surface area (Å²) in [5.74, 6) is 0.0690. The second-order valence-corrected chi connectivity index (χ2v) is 8.61. The van der Waals surface area contributed by atoms with E-state index in [4.69, 9.17) is 0 Å². The number of carbonyl (C=O) groups is 1. The van der Waals surface area contributed by atoms with E-state index in [-0.39, 0.29) is 17.4 Å². The summed E-state index contributed by atoms with van der Waals surface area (Å²) in [6.07, 6.45) is 4.16. The summed E-state index contributed by atoms with van der Waals surface area (Å²) in [5, 5.41) is 8.38. The Balaban J connectivity index is 1.42. The molecule has 3 heterocycles. The summed E-state index contributed by atoms with van der Waals surface area (Å²) in [4.78, 5) is 32.5. The minimum Gasteiger partial charge on any atom is -0.347 e. The third-order valence-corrected chi connectivity index (χ3v) is 6.56. The van der Waals surface area contributed by atoms with Crippen LogP contribution in [0.25, 0.3) is 4.96 Å². The predicted octanol–water partition coefficient (Wildman–Crippen LogP) is 3.52. The second-order valence-electron chi connectivity index (χ2n) is 7.68. The van der Waals surface area contributed by atoms with Crippen LogP contribution in [0.15, 0.2) is 35.1 Å². The van der Waals surface area contributed by atoms with Crippen molar-refractivity contribution in [1.29, 1.82) is 0 Å². The lowest BCUT2D eigenvalue weighted by Crippen LogP contribution is -2.38. The third-order valence-electron chi connectivity index (χ3n) is 5.59. The molecule has 8 heteroatoms. The summed E-state index contributed by atoms with van der Waals surface area (Å²) in [6, 6.07) is 9.53. The molecule has 1 fully saturated rings. The zero-order chi connectivity index (χ0) is 21.1. The van der Waals surface area contributed by atoms with Gasteiger partial charge in [-0.05, 0) is 37.3 Å². The minimum atomic E-state index is -0.130. The number of nitrogens with zero attached hydrogens (tertiary/aromatic N) is 4. The van der Waals surface area contributed by atoms with E-state index in [1.54, 1.807) is 6.07 Å². The molecule has 0 radical (unpaired) electrons. The lowest BCUT2D eigenvalue weighted by molar-refractivity contribution is -0.120. The first kappa shape index (κ1) is 20.5. The van der Waals surface area contributed by atoms with Gasteiger partial charge in [-0.3, -0.25) is 9.59 Å². The highest BCUT2D eigenvalue weighted by atomic mass is 32.1. The van der Waals surface area contributed by atoms with Crippen LogP contribution in [-0.2, 0) is 17.6 Å². The molecule has 158 valence electrons. The monoisotopic (exact) mass is 425 g/mol. The Morgan fingerprint density at radius 3 is 2.73 bits per heavy atom. The number of fused-ring (bicyclic) bond motifs is 1. The van der Waals surface area contributed by atoms with E-state index < -0.39 is 0 Å². The van der Waals surface area contributed by atoms with Crippen LogP contribution in [0.4, 0.5) is 10.8 Å². The first-order valence-corrected chi connectivity index (χ1v) is 11.4. The van der Waals surface area contributed by atoms with Crippen molar-refractivity contribution in [3.8, 4) is 0 Å². The molecule has 1 aliphatic rings. The van der Waals surface area contributed by atoms with Gasteiger partial charge in [-0.1, -0.05) is 49.8 Å². The van der Waals surface area contributed by atoms with Crippen LogP contribution in [0.5, 0.6) is 0 Å². The Kier molecular flexibility index (Phi) is 6.13. The van der Waals surface area contributed by atoms with Gasteiger partial charge in [0.1, 0.15) is 0 Å². The van der Waals surface area contributed by atoms with Crippen molar-refractivity contribution >= 4 is 33.0 Å². The molecule has 2 aromatic heterocycles. The quantitative estimate of drug-likeness (QED) is 0.654. The SMILES string of the molecule is CCCc1cc(=O)n2nc(N3CCC(C(=O)Nc4ccccc4CC)CC3)sc2n1. The maximum absolute atomic E-state index is 12.8. The van der Waals surface area contributed by atoms with E-state index >= 15 is 0 Å². The Morgan fingerprint density at radius 1 is 1.23 bits per heavy atom. The Hall–Kier alpha value is -2.74. The zero-order valence-corrected chi connectivity index (χ0v) is 18.2. The van der Waals surface area contributed by atoms with Crippen molar-refractivity contribution < 1.29 is 4.79 Å². The number of carbonyl (C=O) groups excluding carboxylic acids is 1. The molecule has 1 aliphatic heterocycles. The minimum absolute atomic E-state index is 0.0162. The number of aryl methyl sites for hydroxylation is 2. The highest BCUT2D eigenvalue weighted by Crippen LogP contribution is 2.28. The molecule has 1 aromatic carbocycles. The van der Waals surface area contributed by atoms with E-state index in [2.05, 4.69) is 34.1 Å². The molecule has 4 rings (SSSR count). The third kappa shape index (κ3) is 4.23. The van der Waals surface area contributed by atoms with E-state index in [9.17, 15) is 9.59 Å². The summed E-state index contributed by atoms with van der Waals surface area (Å²) in [5.41, 5.74) is 2.75. The van der Waals surface area contributed by atoms with Crippen LogP contribution >= 0.6 is 11.3 Å². The number of hydrogen-bond acceptors (Lipinski definition) is 6. The maximum atomic E-state index is 12.8. The largest absolute Gasteiger partial charge is 0.347 e. The van der Waals surface area contributed by atoms with Gasteiger partial charge in [0, 0.05) is 36.5 Å². The van der Waals surface area contributed by atoms with Crippen LogP contribution in [0.2, 0.25) is 0 Å². The molecule has 0 atom stereocenters. The number of aromatic nitrogens is 3. The van der Waals surface area contributed by atoms with Crippen molar-refractivity contribution in [2.24, 2.45) is 5.92 Å². The lowest BCUT2D eigenvalue weighted by Gasteiger charge is -2.30. The fourth-order valence-electron chi connectivity index (χ4n) is 3.88. The van der Waals surface area contributed by atoms with E-state index in [0.717, 1.165) is 67.3 Å². The van der Waals surface area contributed by atoms with Gasteiger partial charge in [0.2, 0.25) is 16.0 Å². The van der Waals surface area contributed by atoms with Crippen molar-refractivity contribution in [3.63, 3.8) is 0 Å². The molecular weight excluding hydrogens is 398 g/mol. The van der Waals surface area contributed by atoms with Crippen molar-refractivity contribution in [2.75, 3.05) is 23.3 Å².